The highest BCUT2D eigenvalue weighted by Gasteiger charge is 2.07. The van der Waals surface area contributed by atoms with Gasteiger partial charge < -0.3 is 9.72 Å². The number of aromatic nitrogens is 1. The number of rotatable bonds is 3. The smallest absolute Gasteiger partial charge is 0.317 e. The standard InChI is InChI=1S/C11H10N2O5/c1-2-18-10(14)5-3-4-8-6-9(13(16)17)7-12-11(8)15/h6-7H,2,5H2,1H3,(H,12,15). The molecule has 0 aliphatic carbocycles. The number of pyridine rings is 1. The molecule has 0 saturated carbocycles. The summed E-state index contributed by atoms with van der Waals surface area (Å²) in [6, 6.07) is 1.05. The van der Waals surface area contributed by atoms with Gasteiger partial charge in [-0.1, -0.05) is 11.8 Å². The van der Waals surface area contributed by atoms with E-state index in [1.165, 1.54) is 0 Å². The van der Waals surface area contributed by atoms with Crippen LogP contribution in [-0.2, 0) is 9.53 Å². The molecule has 0 radical (unpaired) electrons. The molecule has 1 aromatic rings. The molecule has 0 aromatic carbocycles. The summed E-state index contributed by atoms with van der Waals surface area (Å²) in [6.45, 7) is 1.91. The van der Waals surface area contributed by atoms with Gasteiger partial charge in [0.1, 0.15) is 6.42 Å². The number of esters is 1. The van der Waals surface area contributed by atoms with Crippen LogP contribution in [0.1, 0.15) is 18.9 Å². The van der Waals surface area contributed by atoms with E-state index in [2.05, 4.69) is 21.6 Å². The number of ether oxygens (including phenoxy) is 1. The summed E-state index contributed by atoms with van der Waals surface area (Å²) in [6.07, 6.45) is 0.814. The molecule has 0 amide bonds. The number of carbonyl (C=O) groups is 1. The van der Waals surface area contributed by atoms with Crippen LogP contribution in [0.5, 0.6) is 0 Å². The van der Waals surface area contributed by atoms with E-state index >= 15 is 0 Å². The van der Waals surface area contributed by atoms with Crippen molar-refractivity contribution in [2.24, 2.45) is 0 Å². The molecule has 0 saturated heterocycles. The Labute approximate surface area is 102 Å². The van der Waals surface area contributed by atoms with Gasteiger partial charge in [0.2, 0.25) is 0 Å². The molecule has 7 heteroatoms. The van der Waals surface area contributed by atoms with Crippen LogP contribution in [0.2, 0.25) is 0 Å². The molecule has 94 valence electrons. The summed E-state index contributed by atoms with van der Waals surface area (Å²) in [4.78, 5) is 34.3. The van der Waals surface area contributed by atoms with Gasteiger partial charge in [0.15, 0.2) is 0 Å². The Kier molecular flexibility index (Phi) is 4.63. The summed E-state index contributed by atoms with van der Waals surface area (Å²) in [5.41, 5.74) is -0.875. The zero-order valence-electron chi connectivity index (χ0n) is 9.56. The average molecular weight is 250 g/mol. The highest BCUT2D eigenvalue weighted by Crippen LogP contribution is 2.07. The molecule has 7 nitrogen and oxygen atoms in total. The van der Waals surface area contributed by atoms with E-state index in [1.54, 1.807) is 6.92 Å². The summed E-state index contributed by atoms with van der Waals surface area (Å²) < 4.78 is 4.64. The zero-order valence-corrected chi connectivity index (χ0v) is 9.56. The van der Waals surface area contributed by atoms with E-state index in [9.17, 15) is 19.7 Å². The molecule has 18 heavy (non-hydrogen) atoms. The number of H-pyrrole nitrogens is 1. The van der Waals surface area contributed by atoms with Gasteiger partial charge in [0, 0.05) is 6.07 Å². The lowest BCUT2D eigenvalue weighted by Crippen LogP contribution is -2.10. The largest absolute Gasteiger partial charge is 0.465 e. The molecule has 1 N–H and O–H groups in total. The second-order valence-electron chi connectivity index (χ2n) is 3.14. The third-order valence-corrected chi connectivity index (χ3v) is 1.86. The molecule has 0 spiro atoms. The molecule has 1 heterocycles. The molecule has 0 aliphatic rings. The molecule has 0 atom stereocenters. The lowest BCUT2D eigenvalue weighted by Gasteiger charge is -1.94. The lowest BCUT2D eigenvalue weighted by molar-refractivity contribution is -0.385. The molecule has 1 aromatic heterocycles. The minimum atomic E-state index is -0.646. The van der Waals surface area contributed by atoms with E-state index in [0.29, 0.717) is 0 Å². The van der Waals surface area contributed by atoms with Crippen LogP contribution < -0.4 is 5.56 Å². The molecule has 0 aliphatic heterocycles. The van der Waals surface area contributed by atoms with Gasteiger partial charge >= 0.3 is 5.97 Å². The highest BCUT2D eigenvalue weighted by atomic mass is 16.6. The maximum atomic E-state index is 11.3. The SMILES string of the molecule is CCOC(=O)CC#Cc1cc([N+](=O)[O-])c[nH]c1=O. The molecule has 0 bridgehead atoms. The van der Waals surface area contributed by atoms with Crippen LogP contribution in [0, 0.1) is 22.0 Å². The van der Waals surface area contributed by atoms with Crippen LogP contribution in [0.4, 0.5) is 5.69 Å². The lowest BCUT2D eigenvalue weighted by atomic mass is 10.2. The Morgan fingerprint density at radius 3 is 2.94 bits per heavy atom. The van der Waals surface area contributed by atoms with Crippen LogP contribution >= 0.6 is 0 Å². The summed E-state index contributed by atoms with van der Waals surface area (Å²) >= 11 is 0. The normalized spacial score (nSPS) is 9.17. The number of carbonyl (C=O) groups excluding carboxylic acids is 1. The number of nitrogens with zero attached hydrogens (tertiary/aromatic N) is 1. The van der Waals surface area contributed by atoms with Gasteiger partial charge in [0.25, 0.3) is 11.2 Å². The monoisotopic (exact) mass is 250 g/mol. The average Bonchev–Trinajstić information content (AvgIpc) is 2.31. The fraction of sp³-hybridized carbons (Fsp3) is 0.273. The first-order valence-electron chi connectivity index (χ1n) is 5.06. The van der Waals surface area contributed by atoms with Gasteiger partial charge in [-0.05, 0) is 6.92 Å². The Morgan fingerprint density at radius 2 is 2.33 bits per heavy atom. The van der Waals surface area contributed by atoms with E-state index in [1.807, 2.05) is 0 Å². The van der Waals surface area contributed by atoms with Gasteiger partial charge in [-0.25, -0.2) is 0 Å². The summed E-state index contributed by atoms with van der Waals surface area (Å²) in [5.74, 6) is 4.32. The second kappa shape index (κ2) is 6.20. The summed E-state index contributed by atoms with van der Waals surface area (Å²) in [7, 11) is 0. The number of nitrogens with one attached hydrogen (secondary N) is 1. The van der Waals surface area contributed by atoms with Gasteiger partial charge in [-0.15, -0.1) is 0 Å². The number of aromatic amines is 1. The minimum absolute atomic E-state index is 0.0616. The van der Waals surface area contributed by atoms with E-state index in [-0.39, 0.29) is 24.3 Å². The van der Waals surface area contributed by atoms with E-state index in [0.717, 1.165) is 12.3 Å². The van der Waals surface area contributed by atoms with Crippen molar-refractivity contribution in [2.75, 3.05) is 6.61 Å². The van der Waals surface area contributed by atoms with E-state index in [4.69, 9.17) is 0 Å². The van der Waals surface area contributed by atoms with Gasteiger partial charge in [0.05, 0.1) is 23.3 Å². The van der Waals surface area contributed by atoms with Crippen LogP contribution in [0.15, 0.2) is 17.1 Å². The van der Waals surface area contributed by atoms with Crippen molar-refractivity contribution >= 4 is 11.7 Å². The number of hydrogen-bond donors (Lipinski definition) is 1. The molecular weight excluding hydrogens is 240 g/mol. The Balaban J connectivity index is 2.87. The van der Waals surface area contributed by atoms with Crippen LogP contribution in [0.3, 0.4) is 0 Å². The van der Waals surface area contributed by atoms with Crippen molar-refractivity contribution in [3.63, 3.8) is 0 Å². The molecule has 0 unspecified atom stereocenters. The highest BCUT2D eigenvalue weighted by molar-refractivity contribution is 5.72. The van der Waals surface area contributed by atoms with Crippen molar-refractivity contribution in [3.8, 4) is 11.8 Å². The van der Waals surface area contributed by atoms with Crippen molar-refractivity contribution in [2.45, 2.75) is 13.3 Å². The Bertz CT molecular complexity index is 579. The summed E-state index contributed by atoms with van der Waals surface area (Å²) in [5, 5.41) is 10.5. The van der Waals surface area contributed by atoms with E-state index < -0.39 is 16.5 Å². The topological polar surface area (TPSA) is 102 Å². The second-order valence-corrected chi connectivity index (χ2v) is 3.14. The van der Waals surface area contributed by atoms with Crippen LogP contribution in [0.25, 0.3) is 0 Å². The molecular formula is C11H10N2O5. The van der Waals surface area contributed by atoms with Gasteiger partial charge in [-0.3, -0.25) is 19.7 Å². The zero-order chi connectivity index (χ0) is 13.5. The number of nitro groups is 1. The van der Waals surface area contributed by atoms with Crippen molar-refractivity contribution in [1.82, 2.24) is 4.98 Å². The third-order valence-electron chi connectivity index (χ3n) is 1.86. The van der Waals surface area contributed by atoms with Crippen molar-refractivity contribution in [3.05, 3.63) is 38.3 Å². The first-order valence-corrected chi connectivity index (χ1v) is 5.06. The Hall–Kier alpha value is -2.62. The molecule has 1 rings (SSSR count). The maximum absolute atomic E-state index is 11.3. The van der Waals surface area contributed by atoms with Gasteiger partial charge in [-0.2, -0.15) is 0 Å². The van der Waals surface area contributed by atoms with Crippen LogP contribution in [-0.4, -0.2) is 22.5 Å². The fourth-order valence-corrected chi connectivity index (χ4v) is 1.09. The maximum Gasteiger partial charge on any atom is 0.317 e. The van der Waals surface area contributed by atoms with Crippen molar-refractivity contribution < 1.29 is 14.5 Å². The predicted molar refractivity (Wildman–Crippen MR) is 61.8 cm³/mol. The quantitative estimate of drug-likeness (QED) is 0.366. The number of hydrogen-bond acceptors (Lipinski definition) is 5. The fourth-order valence-electron chi connectivity index (χ4n) is 1.09. The third kappa shape index (κ3) is 3.75. The predicted octanol–water partition coefficient (Wildman–Crippen LogP) is 0.588. The Morgan fingerprint density at radius 1 is 1.61 bits per heavy atom. The first kappa shape index (κ1) is 13.4. The van der Waals surface area contributed by atoms with Crippen molar-refractivity contribution in [1.29, 1.82) is 0 Å². The first-order chi connectivity index (χ1) is 8.54. The molecule has 0 fully saturated rings. The minimum Gasteiger partial charge on any atom is -0.465 e.